The summed E-state index contributed by atoms with van der Waals surface area (Å²) in [4.78, 5) is 12.9. The van der Waals surface area contributed by atoms with Crippen molar-refractivity contribution < 1.29 is 9.90 Å². The van der Waals surface area contributed by atoms with Gasteiger partial charge in [0.15, 0.2) is 0 Å². The van der Waals surface area contributed by atoms with Crippen molar-refractivity contribution in [3.63, 3.8) is 0 Å². The van der Waals surface area contributed by atoms with Crippen LogP contribution in [0, 0.1) is 0 Å². The summed E-state index contributed by atoms with van der Waals surface area (Å²) in [5.74, 6) is -0.676. The van der Waals surface area contributed by atoms with E-state index in [0.29, 0.717) is 0 Å². The van der Waals surface area contributed by atoms with Gasteiger partial charge in [-0.15, -0.1) is 11.8 Å². The summed E-state index contributed by atoms with van der Waals surface area (Å²) in [5, 5.41) is 9.76. The van der Waals surface area contributed by atoms with E-state index in [1.165, 1.54) is 0 Å². The number of benzene rings is 1. The number of carboxylic acid groups (broad SMARTS) is 1. The highest BCUT2D eigenvalue weighted by Crippen LogP contribution is 2.46. The van der Waals surface area contributed by atoms with Gasteiger partial charge in [0.25, 0.3) is 0 Å². The number of thioether (sulfide) groups is 1. The Hall–Kier alpha value is -0.480. The summed E-state index contributed by atoms with van der Waals surface area (Å²) >= 11 is 5.18. The molecule has 2 nitrogen and oxygen atoms in total. The first-order chi connectivity index (χ1) is 8.62. The average molecular weight is 329 g/mol. The predicted molar refractivity (Wildman–Crippen MR) is 78.3 cm³/mol. The van der Waals surface area contributed by atoms with Crippen molar-refractivity contribution >= 4 is 33.7 Å². The lowest BCUT2D eigenvalue weighted by molar-refractivity contribution is -0.145. The second-order valence-corrected chi connectivity index (χ2v) is 6.47. The smallest absolute Gasteiger partial charge is 0.314 e. The lowest BCUT2D eigenvalue weighted by Gasteiger charge is -2.35. The maximum atomic E-state index is 11.9. The minimum absolute atomic E-state index is 0.676. The highest BCUT2D eigenvalue weighted by Gasteiger charge is 2.43. The standard InChI is InChI=1S/C14H17BrO2S/c1-18-11-7-5-6-10(15)12(11)14(13(16)17)8-3-2-4-9-14/h5-7H,2-4,8-9H2,1H3,(H,16,17). The zero-order valence-electron chi connectivity index (χ0n) is 10.4. The highest BCUT2D eigenvalue weighted by atomic mass is 79.9. The topological polar surface area (TPSA) is 37.3 Å². The summed E-state index contributed by atoms with van der Waals surface area (Å²) in [6.45, 7) is 0. The summed E-state index contributed by atoms with van der Waals surface area (Å²) in [5.41, 5.74) is 0.279. The Morgan fingerprint density at radius 3 is 2.56 bits per heavy atom. The van der Waals surface area contributed by atoms with Gasteiger partial charge in [0.1, 0.15) is 0 Å². The van der Waals surface area contributed by atoms with Crippen molar-refractivity contribution in [3.05, 3.63) is 28.2 Å². The number of hydrogen-bond donors (Lipinski definition) is 1. The molecule has 1 aliphatic rings. The van der Waals surface area contributed by atoms with Gasteiger partial charge in [-0.05, 0) is 36.8 Å². The second-order valence-electron chi connectivity index (χ2n) is 4.77. The van der Waals surface area contributed by atoms with Crippen LogP contribution in [0.3, 0.4) is 0 Å². The Bertz CT molecular complexity index is 453. The molecular formula is C14H17BrO2S. The molecule has 0 radical (unpaired) electrons. The molecule has 0 bridgehead atoms. The van der Waals surface area contributed by atoms with Crippen molar-refractivity contribution in [2.75, 3.05) is 6.26 Å². The molecule has 1 fully saturated rings. The van der Waals surface area contributed by atoms with E-state index in [1.807, 2.05) is 24.5 Å². The van der Waals surface area contributed by atoms with E-state index < -0.39 is 11.4 Å². The van der Waals surface area contributed by atoms with Gasteiger partial charge in [-0.25, -0.2) is 0 Å². The molecular weight excluding hydrogens is 312 g/mol. The van der Waals surface area contributed by atoms with Crippen LogP contribution in [0.15, 0.2) is 27.6 Å². The molecule has 0 aromatic heterocycles. The van der Waals surface area contributed by atoms with E-state index in [9.17, 15) is 9.90 Å². The number of carbonyl (C=O) groups is 1. The monoisotopic (exact) mass is 328 g/mol. The molecule has 18 heavy (non-hydrogen) atoms. The van der Waals surface area contributed by atoms with Crippen LogP contribution in [0.2, 0.25) is 0 Å². The quantitative estimate of drug-likeness (QED) is 0.832. The third-order valence-electron chi connectivity index (χ3n) is 3.79. The van der Waals surface area contributed by atoms with Crippen LogP contribution in [0.25, 0.3) is 0 Å². The summed E-state index contributed by atoms with van der Waals surface area (Å²) in [6.07, 6.45) is 6.65. The minimum atomic E-state index is -0.698. The van der Waals surface area contributed by atoms with Crippen molar-refractivity contribution in [1.29, 1.82) is 0 Å². The van der Waals surface area contributed by atoms with Gasteiger partial charge >= 0.3 is 5.97 Å². The Morgan fingerprint density at radius 1 is 1.33 bits per heavy atom. The predicted octanol–water partition coefficient (Wildman–Crippen LogP) is 4.46. The minimum Gasteiger partial charge on any atom is -0.481 e. The first kappa shape index (κ1) is 13.9. The number of halogens is 1. The molecule has 0 saturated heterocycles. The molecule has 0 unspecified atom stereocenters. The molecule has 0 spiro atoms. The van der Waals surface area contributed by atoms with Gasteiger partial charge in [0.2, 0.25) is 0 Å². The average Bonchev–Trinajstić information content (AvgIpc) is 2.39. The molecule has 1 N–H and O–H groups in total. The third-order valence-corrected chi connectivity index (χ3v) is 5.23. The maximum Gasteiger partial charge on any atom is 0.314 e. The fraction of sp³-hybridized carbons (Fsp3) is 0.500. The Kier molecular flexibility index (Phi) is 4.38. The van der Waals surface area contributed by atoms with Crippen LogP contribution < -0.4 is 0 Å². The molecule has 1 saturated carbocycles. The van der Waals surface area contributed by atoms with Crippen molar-refractivity contribution in [3.8, 4) is 0 Å². The number of rotatable bonds is 3. The van der Waals surface area contributed by atoms with Crippen LogP contribution in [0.1, 0.15) is 37.7 Å². The van der Waals surface area contributed by atoms with Crippen molar-refractivity contribution in [2.24, 2.45) is 0 Å². The first-order valence-corrected chi connectivity index (χ1v) is 8.20. The molecule has 1 aromatic carbocycles. The molecule has 2 rings (SSSR count). The van der Waals surface area contributed by atoms with Crippen molar-refractivity contribution in [2.45, 2.75) is 42.4 Å². The van der Waals surface area contributed by atoms with Crippen LogP contribution in [0.5, 0.6) is 0 Å². The number of carboxylic acids is 1. The molecule has 0 amide bonds. The van der Waals surface area contributed by atoms with Crippen LogP contribution in [0.4, 0.5) is 0 Å². The molecule has 4 heteroatoms. The van der Waals surface area contributed by atoms with E-state index in [0.717, 1.165) is 47.0 Å². The lowest BCUT2D eigenvalue weighted by atomic mass is 9.69. The third kappa shape index (κ3) is 2.32. The normalized spacial score (nSPS) is 18.6. The molecule has 0 atom stereocenters. The van der Waals surface area contributed by atoms with E-state index in [4.69, 9.17) is 0 Å². The molecule has 0 aliphatic heterocycles. The largest absolute Gasteiger partial charge is 0.481 e. The Balaban J connectivity index is 2.58. The molecule has 1 aliphatic carbocycles. The SMILES string of the molecule is CSc1cccc(Br)c1C1(C(=O)O)CCCCC1. The molecule has 98 valence electrons. The fourth-order valence-corrected chi connectivity index (χ4v) is 4.47. The van der Waals surface area contributed by atoms with Crippen LogP contribution in [-0.2, 0) is 10.2 Å². The fourth-order valence-electron chi connectivity index (χ4n) is 2.86. The lowest BCUT2D eigenvalue weighted by Crippen LogP contribution is -2.38. The van der Waals surface area contributed by atoms with Gasteiger partial charge in [-0.1, -0.05) is 41.3 Å². The van der Waals surface area contributed by atoms with E-state index in [-0.39, 0.29) is 0 Å². The summed E-state index contributed by atoms with van der Waals surface area (Å²) < 4.78 is 0.929. The van der Waals surface area contributed by atoms with Gasteiger partial charge in [-0.2, -0.15) is 0 Å². The zero-order chi connectivity index (χ0) is 13.2. The van der Waals surface area contributed by atoms with Gasteiger partial charge in [0, 0.05) is 9.37 Å². The maximum absolute atomic E-state index is 11.9. The van der Waals surface area contributed by atoms with E-state index in [1.54, 1.807) is 11.8 Å². The Morgan fingerprint density at radius 2 is 2.00 bits per heavy atom. The van der Waals surface area contributed by atoms with Gasteiger partial charge in [-0.3, -0.25) is 4.79 Å². The highest BCUT2D eigenvalue weighted by molar-refractivity contribution is 9.10. The van der Waals surface area contributed by atoms with E-state index >= 15 is 0 Å². The zero-order valence-corrected chi connectivity index (χ0v) is 12.8. The van der Waals surface area contributed by atoms with E-state index in [2.05, 4.69) is 15.9 Å². The second kappa shape index (κ2) is 5.66. The first-order valence-electron chi connectivity index (χ1n) is 6.18. The molecule has 1 aromatic rings. The van der Waals surface area contributed by atoms with Crippen LogP contribution >= 0.6 is 27.7 Å². The number of hydrogen-bond acceptors (Lipinski definition) is 2. The van der Waals surface area contributed by atoms with Gasteiger partial charge in [0.05, 0.1) is 5.41 Å². The van der Waals surface area contributed by atoms with Crippen LogP contribution in [-0.4, -0.2) is 17.3 Å². The van der Waals surface area contributed by atoms with Crippen molar-refractivity contribution in [1.82, 2.24) is 0 Å². The molecule has 0 heterocycles. The van der Waals surface area contributed by atoms with Gasteiger partial charge < -0.3 is 5.11 Å². The summed E-state index contributed by atoms with van der Waals surface area (Å²) in [7, 11) is 0. The summed E-state index contributed by atoms with van der Waals surface area (Å²) in [6, 6.07) is 5.94. The Labute approximate surface area is 120 Å². The number of aliphatic carboxylic acids is 1.